The fraction of sp³-hybridized carbons (Fsp3) is 0.438. The van der Waals surface area contributed by atoms with Crippen molar-refractivity contribution in [3.05, 3.63) is 46.6 Å². The van der Waals surface area contributed by atoms with Gasteiger partial charge in [0.15, 0.2) is 5.82 Å². The summed E-state index contributed by atoms with van der Waals surface area (Å²) in [5.74, 6) is 1.08. The number of aromatic nitrogens is 2. The molecule has 0 spiro atoms. The molecule has 1 amide bonds. The highest BCUT2D eigenvalue weighted by Gasteiger charge is 2.41. The van der Waals surface area contributed by atoms with Crippen LogP contribution in [0.4, 0.5) is 0 Å². The third kappa shape index (κ3) is 3.14. The Bertz CT molecular complexity index is 660. The molecule has 0 bridgehead atoms. The molecular weight excluding hydrogens is 302 g/mol. The first-order valence-electron chi connectivity index (χ1n) is 7.44. The van der Waals surface area contributed by atoms with Crippen molar-refractivity contribution in [1.82, 2.24) is 15.5 Å². The number of hydrogen-bond donors (Lipinski definition) is 1. The third-order valence-corrected chi connectivity index (χ3v) is 4.32. The summed E-state index contributed by atoms with van der Waals surface area (Å²) in [5, 5.41) is 7.82. The van der Waals surface area contributed by atoms with E-state index in [-0.39, 0.29) is 5.91 Å². The van der Waals surface area contributed by atoms with Crippen molar-refractivity contribution < 1.29 is 9.32 Å². The molecule has 22 heavy (non-hydrogen) atoms. The van der Waals surface area contributed by atoms with Crippen LogP contribution < -0.4 is 5.32 Å². The Morgan fingerprint density at radius 1 is 1.32 bits per heavy atom. The van der Waals surface area contributed by atoms with Gasteiger partial charge >= 0.3 is 0 Å². The number of hydrogen-bond acceptors (Lipinski definition) is 4. The first-order valence-corrected chi connectivity index (χ1v) is 7.81. The summed E-state index contributed by atoms with van der Waals surface area (Å²) in [4.78, 5) is 16.7. The Kier molecular flexibility index (Phi) is 4.16. The van der Waals surface area contributed by atoms with Crippen molar-refractivity contribution in [1.29, 1.82) is 0 Å². The molecule has 3 rings (SSSR count). The van der Waals surface area contributed by atoms with Gasteiger partial charge in [-0.25, -0.2) is 0 Å². The van der Waals surface area contributed by atoms with Crippen molar-refractivity contribution in [3.8, 4) is 0 Å². The number of benzene rings is 1. The zero-order valence-corrected chi connectivity index (χ0v) is 13.2. The SMILES string of the molecule is Cc1nc(C2(NC(=O)Cc3ccc(Cl)cc3)CCCC2)no1. The average molecular weight is 320 g/mol. The van der Waals surface area contributed by atoms with Gasteiger partial charge in [0.2, 0.25) is 11.8 Å². The summed E-state index contributed by atoms with van der Waals surface area (Å²) < 4.78 is 5.09. The van der Waals surface area contributed by atoms with E-state index in [0.29, 0.717) is 23.2 Å². The van der Waals surface area contributed by atoms with E-state index in [2.05, 4.69) is 15.5 Å². The van der Waals surface area contributed by atoms with Crippen LogP contribution in [0.2, 0.25) is 5.02 Å². The Morgan fingerprint density at radius 3 is 2.59 bits per heavy atom. The molecule has 116 valence electrons. The number of carbonyl (C=O) groups is 1. The molecule has 0 unspecified atom stereocenters. The number of rotatable bonds is 4. The smallest absolute Gasteiger partial charge is 0.225 e. The minimum absolute atomic E-state index is 0.0355. The Morgan fingerprint density at radius 2 is 2.00 bits per heavy atom. The molecule has 1 N–H and O–H groups in total. The lowest BCUT2D eigenvalue weighted by molar-refractivity contribution is -0.122. The Hall–Kier alpha value is -1.88. The summed E-state index contributed by atoms with van der Waals surface area (Å²) in [6.45, 7) is 1.76. The molecule has 5 nitrogen and oxygen atoms in total. The van der Waals surface area contributed by atoms with Crippen LogP contribution >= 0.6 is 11.6 Å². The Labute approximate surface area is 134 Å². The molecule has 1 aromatic heterocycles. The largest absolute Gasteiger partial charge is 0.343 e. The topological polar surface area (TPSA) is 68.0 Å². The maximum Gasteiger partial charge on any atom is 0.225 e. The van der Waals surface area contributed by atoms with Crippen LogP contribution in [0.5, 0.6) is 0 Å². The zero-order chi connectivity index (χ0) is 15.6. The van der Waals surface area contributed by atoms with Crippen molar-refractivity contribution >= 4 is 17.5 Å². The number of halogens is 1. The quantitative estimate of drug-likeness (QED) is 0.940. The van der Waals surface area contributed by atoms with Gasteiger partial charge in [0.05, 0.1) is 6.42 Å². The molecule has 0 radical (unpaired) electrons. The number of carbonyl (C=O) groups excluding carboxylic acids is 1. The second-order valence-electron chi connectivity index (χ2n) is 5.78. The minimum atomic E-state index is -0.485. The zero-order valence-electron chi connectivity index (χ0n) is 12.4. The average Bonchev–Trinajstić information content (AvgIpc) is 3.11. The molecule has 0 aliphatic heterocycles. The first-order chi connectivity index (χ1) is 10.6. The van der Waals surface area contributed by atoms with Crippen molar-refractivity contribution in [2.75, 3.05) is 0 Å². The molecule has 1 aromatic carbocycles. The number of aryl methyl sites for hydroxylation is 1. The monoisotopic (exact) mass is 319 g/mol. The second kappa shape index (κ2) is 6.08. The van der Waals surface area contributed by atoms with Crippen molar-refractivity contribution in [2.45, 2.75) is 44.6 Å². The van der Waals surface area contributed by atoms with Crippen LogP contribution in [0.15, 0.2) is 28.8 Å². The lowest BCUT2D eigenvalue weighted by Gasteiger charge is -2.26. The van der Waals surface area contributed by atoms with Gasteiger partial charge in [-0.2, -0.15) is 4.98 Å². The maximum absolute atomic E-state index is 12.4. The van der Waals surface area contributed by atoms with Gasteiger partial charge in [0, 0.05) is 11.9 Å². The molecule has 1 saturated carbocycles. The summed E-state index contributed by atoms with van der Waals surface area (Å²) in [7, 11) is 0. The van der Waals surface area contributed by atoms with Gasteiger partial charge in [-0.15, -0.1) is 0 Å². The fourth-order valence-corrected chi connectivity index (χ4v) is 3.10. The van der Waals surface area contributed by atoms with E-state index in [1.165, 1.54) is 0 Å². The van der Waals surface area contributed by atoms with Crippen LogP contribution in [0.1, 0.15) is 43.0 Å². The number of amides is 1. The molecule has 2 aromatic rings. The molecular formula is C16H18ClN3O2. The predicted octanol–water partition coefficient (Wildman–Crippen LogP) is 3.16. The minimum Gasteiger partial charge on any atom is -0.343 e. The van der Waals surface area contributed by atoms with Gasteiger partial charge in [-0.1, -0.05) is 41.7 Å². The lowest BCUT2D eigenvalue weighted by atomic mass is 9.96. The maximum atomic E-state index is 12.4. The third-order valence-electron chi connectivity index (χ3n) is 4.07. The van der Waals surface area contributed by atoms with E-state index in [4.69, 9.17) is 16.1 Å². The van der Waals surface area contributed by atoms with E-state index in [0.717, 1.165) is 31.2 Å². The molecule has 6 heteroatoms. The van der Waals surface area contributed by atoms with E-state index in [9.17, 15) is 4.79 Å². The van der Waals surface area contributed by atoms with E-state index in [1.807, 2.05) is 12.1 Å². The number of nitrogens with zero attached hydrogens (tertiary/aromatic N) is 2. The molecule has 1 fully saturated rings. The highest BCUT2D eigenvalue weighted by molar-refractivity contribution is 6.30. The van der Waals surface area contributed by atoms with E-state index in [1.54, 1.807) is 19.1 Å². The van der Waals surface area contributed by atoms with Crippen LogP contribution in [-0.2, 0) is 16.8 Å². The molecule has 1 aliphatic rings. The standard InChI is InChI=1S/C16H18ClN3O2/c1-11-18-15(20-22-11)16(8-2-3-9-16)19-14(21)10-12-4-6-13(17)7-5-12/h4-7H,2-3,8-10H2,1H3,(H,19,21). The van der Waals surface area contributed by atoms with Gasteiger partial charge in [0.1, 0.15) is 5.54 Å². The highest BCUT2D eigenvalue weighted by atomic mass is 35.5. The van der Waals surface area contributed by atoms with Gasteiger partial charge in [-0.3, -0.25) is 4.79 Å². The van der Waals surface area contributed by atoms with Gasteiger partial charge in [-0.05, 0) is 30.5 Å². The van der Waals surface area contributed by atoms with E-state index < -0.39 is 5.54 Å². The Balaban J connectivity index is 1.74. The molecule has 0 atom stereocenters. The summed E-state index contributed by atoms with van der Waals surface area (Å²) >= 11 is 5.86. The van der Waals surface area contributed by atoms with E-state index >= 15 is 0 Å². The van der Waals surface area contributed by atoms with Gasteiger partial charge < -0.3 is 9.84 Å². The first kappa shape index (κ1) is 15.0. The van der Waals surface area contributed by atoms with Gasteiger partial charge in [0.25, 0.3) is 0 Å². The second-order valence-corrected chi connectivity index (χ2v) is 6.21. The predicted molar refractivity (Wildman–Crippen MR) is 82.5 cm³/mol. The summed E-state index contributed by atoms with van der Waals surface area (Å²) in [6.07, 6.45) is 4.11. The molecule has 1 heterocycles. The summed E-state index contributed by atoms with van der Waals surface area (Å²) in [6, 6.07) is 7.31. The summed E-state index contributed by atoms with van der Waals surface area (Å²) in [5.41, 5.74) is 0.445. The number of nitrogens with one attached hydrogen (secondary N) is 1. The molecule has 0 saturated heterocycles. The normalized spacial score (nSPS) is 16.6. The van der Waals surface area contributed by atoms with Crippen LogP contribution in [0.25, 0.3) is 0 Å². The fourth-order valence-electron chi connectivity index (χ4n) is 2.98. The van der Waals surface area contributed by atoms with Crippen molar-refractivity contribution in [2.24, 2.45) is 0 Å². The van der Waals surface area contributed by atoms with Crippen molar-refractivity contribution in [3.63, 3.8) is 0 Å². The van der Waals surface area contributed by atoms with Crippen LogP contribution in [0.3, 0.4) is 0 Å². The molecule has 1 aliphatic carbocycles. The van der Waals surface area contributed by atoms with Crippen LogP contribution in [-0.4, -0.2) is 16.0 Å². The highest BCUT2D eigenvalue weighted by Crippen LogP contribution is 2.37. The lowest BCUT2D eigenvalue weighted by Crippen LogP contribution is -2.45. The van der Waals surface area contributed by atoms with Crippen LogP contribution in [0, 0.1) is 6.92 Å².